The van der Waals surface area contributed by atoms with Gasteiger partial charge in [0.2, 0.25) is 5.91 Å². The van der Waals surface area contributed by atoms with Crippen molar-refractivity contribution in [3.05, 3.63) is 35.4 Å². The van der Waals surface area contributed by atoms with Gasteiger partial charge < -0.3 is 15.3 Å². The van der Waals surface area contributed by atoms with Crippen LogP contribution in [0.4, 0.5) is 0 Å². The summed E-state index contributed by atoms with van der Waals surface area (Å²) in [6, 6.07) is 5.27. The number of rotatable bonds is 3. The van der Waals surface area contributed by atoms with Crippen LogP contribution in [0.15, 0.2) is 24.3 Å². The molecule has 1 heterocycles. The zero-order chi connectivity index (χ0) is 14.7. The zero-order valence-corrected chi connectivity index (χ0v) is 11.1. The monoisotopic (exact) mass is 276 g/mol. The number of carbonyl (C=O) groups is 3. The fourth-order valence-electron chi connectivity index (χ4n) is 2.28. The lowest BCUT2D eigenvalue weighted by molar-refractivity contribution is -0.127. The lowest BCUT2D eigenvalue weighted by atomic mass is 10.1. The fraction of sp³-hybridized carbons (Fsp3) is 0.357. The van der Waals surface area contributed by atoms with E-state index < -0.39 is 12.0 Å². The predicted molar refractivity (Wildman–Crippen MR) is 71.5 cm³/mol. The molecule has 1 aliphatic rings. The van der Waals surface area contributed by atoms with E-state index in [1.807, 2.05) is 6.92 Å². The van der Waals surface area contributed by atoms with Gasteiger partial charge in [0, 0.05) is 18.7 Å². The van der Waals surface area contributed by atoms with Crippen molar-refractivity contribution < 1.29 is 19.5 Å². The third-order valence-corrected chi connectivity index (χ3v) is 3.36. The summed E-state index contributed by atoms with van der Waals surface area (Å²) >= 11 is 0. The van der Waals surface area contributed by atoms with Crippen molar-refractivity contribution in [2.24, 2.45) is 0 Å². The Bertz CT molecular complexity index is 539. The SMILES string of the molecule is CCC1C(=O)NCCN1C(=O)c1ccc(C(=O)O)cc1. The summed E-state index contributed by atoms with van der Waals surface area (Å²) in [6.07, 6.45) is 0.546. The number of carboxylic acid groups (broad SMARTS) is 1. The molecule has 1 aliphatic heterocycles. The van der Waals surface area contributed by atoms with Gasteiger partial charge >= 0.3 is 5.97 Å². The van der Waals surface area contributed by atoms with E-state index in [1.165, 1.54) is 29.2 Å². The number of piperazine rings is 1. The highest BCUT2D eigenvalue weighted by Crippen LogP contribution is 2.14. The Hall–Kier alpha value is -2.37. The highest BCUT2D eigenvalue weighted by atomic mass is 16.4. The van der Waals surface area contributed by atoms with Gasteiger partial charge in [0.05, 0.1) is 5.56 Å². The largest absolute Gasteiger partial charge is 0.478 e. The molecule has 2 amide bonds. The Morgan fingerprint density at radius 2 is 1.90 bits per heavy atom. The van der Waals surface area contributed by atoms with Crippen LogP contribution in [0.2, 0.25) is 0 Å². The number of carbonyl (C=O) groups excluding carboxylic acids is 2. The number of amides is 2. The molecule has 1 fully saturated rings. The molecule has 2 N–H and O–H groups in total. The molecule has 6 heteroatoms. The Balaban J connectivity index is 2.21. The first-order valence-electron chi connectivity index (χ1n) is 6.46. The minimum atomic E-state index is -1.03. The summed E-state index contributed by atoms with van der Waals surface area (Å²) in [5.74, 6) is -1.43. The third kappa shape index (κ3) is 2.64. The predicted octanol–water partition coefficient (Wildman–Crippen LogP) is 0.735. The van der Waals surface area contributed by atoms with Gasteiger partial charge in [-0.2, -0.15) is 0 Å². The van der Waals surface area contributed by atoms with Gasteiger partial charge in [-0.15, -0.1) is 0 Å². The van der Waals surface area contributed by atoms with E-state index in [-0.39, 0.29) is 17.4 Å². The van der Waals surface area contributed by atoms with Crippen molar-refractivity contribution in [2.75, 3.05) is 13.1 Å². The van der Waals surface area contributed by atoms with Crippen LogP contribution in [0.3, 0.4) is 0 Å². The van der Waals surface area contributed by atoms with Crippen LogP contribution in [0, 0.1) is 0 Å². The Morgan fingerprint density at radius 3 is 2.45 bits per heavy atom. The van der Waals surface area contributed by atoms with E-state index >= 15 is 0 Å². The number of nitrogens with one attached hydrogen (secondary N) is 1. The van der Waals surface area contributed by atoms with Crippen LogP contribution in [0.25, 0.3) is 0 Å². The Morgan fingerprint density at radius 1 is 1.30 bits per heavy atom. The van der Waals surface area contributed by atoms with Crippen molar-refractivity contribution in [3.8, 4) is 0 Å². The van der Waals surface area contributed by atoms with Crippen LogP contribution in [0.5, 0.6) is 0 Å². The Kier molecular flexibility index (Phi) is 4.02. The van der Waals surface area contributed by atoms with Gasteiger partial charge in [0.15, 0.2) is 0 Å². The van der Waals surface area contributed by atoms with Gasteiger partial charge in [-0.1, -0.05) is 6.92 Å². The second-order valence-electron chi connectivity index (χ2n) is 4.60. The molecule has 1 unspecified atom stereocenters. The highest BCUT2D eigenvalue weighted by molar-refractivity contribution is 5.99. The smallest absolute Gasteiger partial charge is 0.335 e. The number of nitrogens with zero attached hydrogens (tertiary/aromatic N) is 1. The van der Waals surface area contributed by atoms with Crippen molar-refractivity contribution in [2.45, 2.75) is 19.4 Å². The molecule has 0 radical (unpaired) electrons. The van der Waals surface area contributed by atoms with E-state index in [2.05, 4.69) is 5.32 Å². The van der Waals surface area contributed by atoms with E-state index in [1.54, 1.807) is 0 Å². The lowest BCUT2D eigenvalue weighted by Gasteiger charge is -2.34. The summed E-state index contributed by atoms with van der Waals surface area (Å²) in [4.78, 5) is 36.4. The van der Waals surface area contributed by atoms with Gasteiger partial charge in [-0.25, -0.2) is 4.79 Å². The van der Waals surface area contributed by atoms with E-state index in [4.69, 9.17) is 5.11 Å². The molecule has 2 rings (SSSR count). The summed E-state index contributed by atoms with van der Waals surface area (Å²) < 4.78 is 0. The number of hydrogen-bond acceptors (Lipinski definition) is 3. The number of carboxylic acids is 1. The Labute approximate surface area is 116 Å². The van der Waals surface area contributed by atoms with Crippen molar-refractivity contribution in [3.63, 3.8) is 0 Å². The normalized spacial score (nSPS) is 18.6. The van der Waals surface area contributed by atoms with E-state index in [9.17, 15) is 14.4 Å². The quantitative estimate of drug-likeness (QED) is 0.852. The van der Waals surface area contributed by atoms with Crippen LogP contribution in [-0.2, 0) is 4.79 Å². The zero-order valence-electron chi connectivity index (χ0n) is 11.1. The molecule has 1 aromatic carbocycles. The summed E-state index contributed by atoms with van der Waals surface area (Å²) in [6.45, 7) is 2.75. The summed E-state index contributed by atoms with van der Waals surface area (Å²) in [5, 5.41) is 11.6. The van der Waals surface area contributed by atoms with Gasteiger partial charge in [0.1, 0.15) is 6.04 Å². The second kappa shape index (κ2) is 5.73. The summed E-state index contributed by atoms with van der Waals surface area (Å²) in [5.41, 5.74) is 0.521. The first-order valence-corrected chi connectivity index (χ1v) is 6.46. The molecule has 1 atom stereocenters. The highest BCUT2D eigenvalue weighted by Gasteiger charge is 2.31. The maximum atomic E-state index is 12.4. The molecule has 1 aromatic rings. The lowest BCUT2D eigenvalue weighted by Crippen LogP contribution is -2.56. The van der Waals surface area contributed by atoms with Gasteiger partial charge in [0.25, 0.3) is 5.91 Å². The minimum Gasteiger partial charge on any atom is -0.478 e. The third-order valence-electron chi connectivity index (χ3n) is 3.36. The fourth-order valence-corrected chi connectivity index (χ4v) is 2.28. The molecule has 20 heavy (non-hydrogen) atoms. The average molecular weight is 276 g/mol. The maximum Gasteiger partial charge on any atom is 0.335 e. The second-order valence-corrected chi connectivity index (χ2v) is 4.60. The minimum absolute atomic E-state index is 0.130. The first kappa shape index (κ1) is 14.0. The molecule has 0 saturated carbocycles. The molecule has 0 aliphatic carbocycles. The van der Waals surface area contributed by atoms with E-state index in [0.29, 0.717) is 25.1 Å². The van der Waals surface area contributed by atoms with Gasteiger partial charge in [-0.05, 0) is 30.7 Å². The van der Waals surface area contributed by atoms with Crippen LogP contribution >= 0.6 is 0 Å². The molecular weight excluding hydrogens is 260 g/mol. The molecule has 0 aromatic heterocycles. The molecule has 0 spiro atoms. The molecule has 6 nitrogen and oxygen atoms in total. The van der Waals surface area contributed by atoms with Crippen LogP contribution in [0.1, 0.15) is 34.1 Å². The first-order chi connectivity index (χ1) is 9.54. The van der Waals surface area contributed by atoms with Crippen molar-refractivity contribution in [1.82, 2.24) is 10.2 Å². The molecule has 106 valence electrons. The molecule has 1 saturated heterocycles. The summed E-state index contributed by atoms with van der Waals surface area (Å²) in [7, 11) is 0. The van der Waals surface area contributed by atoms with Gasteiger partial charge in [-0.3, -0.25) is 9.59 Å². The number of benzene rings is 1. The topological polar surface area (TPSA) is 86.7 Å². The van der Waals surface area contributed by atoms with E-state index in [0.717, 1.165) is 0 Å². The molecule has 0 bridgehead atoms. The van der Waals surface area contributed by atoms with Crippen molar-refractivity contribution in [1.29, 1.82) is 0 Å². The standard InChI is InChI=1S/C14H16N2O4/c1-2-11-12(17)15-7-8-16(11)13(18)9-3-5-10(6-4-9)14(19)20/h3-6,11H,2,7-8H2,1H3,(H,15,17)(H,19,20). The average Bonchev–Trinajstić information content (AvgIpc) is 2.46. The number of aromatic carboxylic acids is 1. The number of hydrogen-bond donors (Lipinski definition) is 2. The van der Waals surface area contributed by atoms with Crippen LogP contribution < -0.4 is 5.32 Å². The van der Waals surface area contributed by atoms with Crippen LogP contribution in [-0.4, -0.2) is 46.9 Å². The van der Waals surface area contributed by atoms with Crippen molar-refractivity contribution >= 4 is 17.8 Å². The molecular formula is C14H16N2O4. The maximum absolute atomic E-state index is 12.4.